The van der Waals surface area contributed by atoms with Gasteiger partial charge in [0.1, 0.15) is 0 Å². The number of aryl methyl sites for hydroxylation is 1. The second kappa shape index (κ2) is 7.02. The molecule has 0 aromatic carbocycles. The molecule has 1 atom stereocenters. The Hall–Kier alpha value is -2.17. The number of amides is 1. The Labute approximate surface area is 125 Å². The Morgan fingerprint density at radius 3 is 2.95 bits per heavy atom. The number of carbonyl (C=O) groups excluding carboxylic acids is 1. The summed E-state index contributed by atoms with van der Waals surface area (Å²) in [7, 11) is 1.86. The number of anilines is 1. The van der Waals surface area contributed by atoms with Gasteiger partial charge >= 0.3 is 0 Å². The van der Waals surface area contributed by atoms with Gasteiger partial charge in [0, 0.05) is 30.9 Å². The molecule has 0 saturated carbocycles. The number of pyridine rings is 1. The van der Waals surface area contributed by atoms with Crippen LogP contribution >= 0.6 is 0 Å². The molecule has 1 unspecified atom stereocenters. The highest BCUT2D eigenvalue weighted by Gasteiger charge is 2.15. The first-order chi connectivity index (χ1) is 10.1. The van der Waals surface area contributed by atoms with Crippen LogP contribution in [-0.4, -0.2) is 20.7 Å². The van der Waals surface area contributed by atoms with Gasteiger partial charge in [-0.15, -0.1) is 0 Å². The van der Waals surface area contributed by atoms with Gasteiger partial charge in [-0.1, -0.05) is 26.7 Å². The van der Waals surface area contributed by atoms with Crippen molar-refractivity contribution in [3.63, 3.8) is 0 Å². The quantitative estimate of drug-likeness (QED) is 0.886. The van der Waals surface area contributed by atoms with Crippen molar-refractivity contribution in [1.82, 2.24) is 14.8 Å². The van der Waals surface area contributed by atoms with Crippen LogP contribution in [0.15, 0.2) is 30.7 Å². The lowest BCUT2D eigenvalue weighted by atomic mass is 10.0. The highest BCUT2D eigenvalue weighted by atomic mass is 16.1. The first kappa shape index (κ1) is 15.2. The molecular formula is C16H22N4O. The summed E-state index contributed by atoms with van der Waals surface area (Å²) in [4.78, 5) is 16.6. The van der Waals surface area contributed by atoms with E-state index in [2.05, 4.69) is 22.3 Å². The minimum absolute atomic E-state index is 0.00639. The van der Waals surface area contributed by atoms with Crippen molar-refractivity contribution in [1.29, 1.82) is 0 Å². The van der Waals surface area contributed by atoms with Crippen LogP contribution in [0.25, 0.3) is 11.3 Å². The molecular weight excluding hydrogens is 264 g/mol. The van der Waals surface area contributed by atoms with E-state index in [9.17, 15) is 4.79 Å². The van der Waals surface area contributed by atoms with Gasteiger partial charge in [0.05, 0.1) is 17.6 Å². The fourth-order valence-corrected chi connectivity index (χ4v) is 2.18. The predicted molar refractivity (Wildman–Crippen MR) is 83.8 cm³/mol. The van der Waals surface area contributed by atoms with E-state index in [4.69, 9.17) is 0 Å². The van der Waals surface area contributed by atoms with Crippen LogP contribution in [0, 0.1) is 5.92 Å². The normalized spacial score (nSPS) is 12.1. The summed E-state index contributed by atoms with van der Waals surface area (Å²) >= 11 is 0. The van der Waals surface area contributed by atoms with E-state index >= 15 is 0 Å². The lowest BCUT2D eigenvalue weighted by Crippen LogP contribution is -2.20. The van der Waals surface area contributed by atoms with Crippen molar-refractivity contribution in [3.8, 4) is 11.3 Å². The average molecular weight is 286 g/mol. The third-order valence-corrected chi connectivity index (χ3v) is 3.48. The van der Waals surface area contributed by atoms with Crippen LogP contribution in [0.3, 0.4) is 0 Å². The molecule has 112 valence electrons. The number of nitrogens with zero attached hydrogens (tertiary/aromatic N) is 3. The summed E-state index contributed by atoms with van der Waals surface area (Å²) in [6, 6.07) is 3.70. The average Bonchev–Trinajstić information content (AvgIpc) is 2.91. The van der Waals surface area contributed by atoms with Gasteiger partial charge in [0.15, 0.2) is 0 Å². The predicted octanol–water partition coefficient (Wildman–Crippen LogP) is 3.25. The van der Waals surface area contributed by atoms with Gasteiger partial charge in [-0.25, -0.2) is 0 Å². The fourth-order valence-electron chi connectivity index (χ4n) is 2.18. The van der Waals surface area contributed by atoms with Gasteiger partial charge in [-0.2, -0.15) is 5.10 Å². The molecule has 2 heterocycles. The van der Waals surface area contributed by atoms with Crippen molar-refractivity contribution in [2.24, 2.45) is 13.0 Å². The Morgan fingerprint density at radius 2 is 2.29 bits per heavy atom. The van der Waals surface area contributed by atoms with E-state index in [1.807, 2.05) is 32.3 Å². The number of aromatic nitrogens is 3. The first-order valence-electron chi connectivity index (χ1n) is 7.36. The molecule has 1 N–H and O–H groups in total. The summed E-state index contributed by atoms with van der Waals surface area (Å²) in [5.41, 5.74) is 2.38. The second-order valence-corrected chi connectivity index (χ2v) is 5.33. The molecule has 0 bridgehead atoms. The molecule has 1 amide bonds. The lowest BCUT2D eigenvalue weighted by molar-refractivity contribution is -0.119. The SMILES string of the molecule is CCCCC(C)C(=O)Nc1cccnc1-c1cnn(C)c1. The van der Waals surface area contributed by atoms with Crippen molar-refractivity contribution >= 4 is 11.6 Å². The molecule has 0 aliphatic carbocycles. The van der Waals surface area contributed by atoms with E-state index in [1.165, 1.54) is 0 Å². The van der Waals surface area contributed by atoms with E-state index in [0.717, 1.165) is 36.2 Å². The van der Waals surface area contributed by atoms with Crippen LogP contribution in [0.5, 0.6) is 0 Å². The third-order valence-electron chi connectivity index (χ3n) is 3.48. The molecule has 0 aliphatic heterocycles. The maximum atomic E-state index is 12.2. The smallest absolute Gasteiger partial charge is 0.227 e. The molecule has 0 saturated heterocycles. The summed E-state index contributed by atoms with van der Waals surface area (Å²) in [5, 5.41) is 7.14. The van der Waals surface area contributed by atoms with Gasteiger partial charge in [0.2, 0.25) is 5.91 Å². The molecule has 0 aliphatic rings. The second-order valence-electron chi connectivity index (χ2n) is 5.33. The molecule has 2 aromatic heterocycles. The van der Waals surface area contributed by atoms with Gasteiger partial charge in [0.25, 0.3) is 0 Å². The van der Waals surface area contributed by atoms with E-state index in [1.54, 1.807) is 17.1 Å². The van der Waals surface area contributed by atoms with Gasteiger partial charge < -0.3 is 5.32 Å². The topological polar surface area (TPSA) is 59.8 Å². The van der Waals surface area contributed by atoms with Gasteiger partial charge in [-0.05, 0) is 18.6 Å². The zero-order valence-electron chi connectivity index (χ0n) is 12.8. The largest absolute Gasteiger partial charge is 0.324 e. The van der Waals surface area contributed by atoms with E-state index in [-0.39, 0.29) is 11.8 Å². The minimum Gasteiger partial charge on any atom is -0.324 e. The molecule has 2 rings (SSSR count). The Bertz CT molecular complexity index is 606. The monoisotopic (exact) mass is 286 g/mol. The van der Waals surface area contributed by atoms with Crippen molar-refractivity contribution in [2.45, 2.75) is 33.1 Å². The number of rotatable bonds is 6. The summed E-state index contributed by atoms with van der Waals surface area (Å²) in [5.74, 6) is 0.0495. The third kappa shape index (κ3) is 3.90. The maximum Gasteiger partial charge on any atom is 0.227 e. The van der Waals surface area contributed by atoms with Crippen LogP contribution < -0.4 is 5.32 Å². The standard InChI is InChI=1S/C16H22N4O/c1-4-5-7-12(2)16(21)19-14-8-6-9-17-15(14)13-10-18-20(3)11-13/h6,8-12H,4-5,7H2,1-3H3,(H,19,21). The van der Waals surface area contributed by atoms with Crippen LogP contribution in [-0.2, 0) is 11.8 Å². The zero-order chi connectivity index (χ0) is 15.2. The first-order valence-corrected chi connectivity index (χ1v) is 7.36. The van der Waals surface area contributed by atoms with Crippen LogP contribution in [0.2, 0.25) is 0 Å². The molecule has 21 heavy (non-hydrogen) atoms. The maximum absolute atomic E-state index is 12.2. The Morgan fingerprint density at radius 1 is 1.48 bits per heavy atom. The number of unbranched alkanes of at least 4 members (excludes halogenated alkanes) is 1. The molecule has 0 radical (unpaired) electrons. The summed E-state index contributed by atoms with van der Waals surface area (Å²) in [6.45, 7) is 4.09. The molecule has 5 heteroatoms. The lowest BCUT2D eigenvalue weighted by Gasteiger charge is -2.13. The number of hydrogen-bond donors (Lipinski definition) is 1. The summed E-state index contributed by atoms with van der Waals surface area (Å²) < 4.78 is 1.72. The number of nitrogens with one attached hydrogen (secondary N) is 1. The van der Waals surface area contributed by atoms with Crippen molar-refractivity contribution in [2.75, 3.05) is 5.32 Å². The van der Waals surface area contributed by atoms with Gasteiger partial charge in [-0.3, -0.25) is 14.5 Å². The number of carbonyl (C=O) groups is 1. The fraction of sp³-hybridized carbons (Fsp3) is 0.438. The van der Waals surface area contributed by atoms with Crippen LogP contribution in [0.1, 0.15) is 33.1 Å². The Balaban J connectivity index is 2.15. The molecule has 5 nitrogen and oxygen atoms in total. The molecule has 2 aromatic rings. The summed E-state index contributed by atoms with van der Waals surface area (Å²) in [6.07, 6.45) is 8.43. The van der Waals surface area contributed by atoms with Crippen molar-refractivity contribution in [3.05, 3.63) is 30.7 Å². The highest BCUT2D eigenvalue weighted by molar-refractivity contribution is 5.95. The molecule has 0 fully saturated rings. The Kier molecular flexibility index (Phi) is 5.09. The zero-order valence-corrected chi connectivity index (χ0v) is 12.8. The van der Waals surface area contributed by atoms with E-state index in [0.29, 0.717) is 0 Å². The number of hydrogen-bond acceptors (Lipinski definition) is 3. The van der Waals surface area contributed by atoms with Crippen LogP contribution in [0.4, 0.5) is 5.69 Å². The van der Waals surface area contributed by atoms with E-state index < -0.39 is 0 Å². The minimum atomic E-state index is 0.00639. The van der Waals surface area contributed by atoms with Crippen molar-refractivity contribution < 1.29 is 4.79 Å². The highest BCUT2D eigenvalue weighted by Crippen LogP contribution is 2.25. The molecule has 0 spiro atoms.